The molecular formula is C32H48N4O4. The van der Waals surface area contributed by atoms with Crippen molar-refractivity contribution in [2.75, 3.05) is 50.8 Å². The van der Waals surface area contributed by atoms with Crippen LogP contribution in [0.2, 0.25) is 0 Å². The fourth-order valence-corrected chi connectivity index (χ4v) is 7.27. The Bertz CT molecular complexity index is 1050. The van der Waals surface area contributed by atoms with Gasteiger partial charge in [-0.2, -0.15) is 0 Å². The summed E-state index contributed by atoms with van der Waals surface area (Å²) < 4.78 is 5.93. The Labute approximate surface area is 239 Å². The maximum absolute atomic E-state index is 14.2. The van der Waals surface area contributed by atoms with E-state index < -0.39 is 12.1 Å². The first-order chi connectivity index (χ1) is 19.2. The summed E-state index contributed by atoms with van der Waals surface area (Å²) in [5, 5.41) is 3.14. The molecule has 5 rings (SSSR count). The van der Waals surface area contributed by atoms with Crippen molar-refractivity contribution in [3.63, 3.8) is 0 Å². The number of carbonyl (C=O) groups excluding carboxylic acids is 3. The third-order valence-electron chi connectivity index (χ3n) is 9.66. The summed E-state index contributed by atoms with van der Waals surface area (Å²) in [6.07, 6.45) is 6.01. The summed E-state index contributed by atoms with van der Waals surface area (Å²) in [5.41, 5.74) is 1.59. The molecule has 220 valence electrons. The lowest BCUT2D eigenvalue weighted by Crippen LogP contribution is -2.55. The Morgan fingerprint density at radius 2 is 1.70 bits per heavy atom. The van der Waals surface area contributed by atoms with Crippen LogP contribution in [0.5, 0.6) is 0 Å². The van der Waals surface area contributed by atoms with Gasteiger partial charge in [0.2, 0.25) is 5.91 Å². The predicted octanol–water partition coefficient (Wildman–Crippen LogP) is 3.74. The van der Waals surface area contributed by atoms with Crippen molar-refractivity contribution in [1.29, 1.82) is 0 Å². The van der Waals surface area contributed by atoms with Crippen LogP contribution in [0.1, 0.15) is 76.6 Å². The zero-order valence-corrected chi connectivity index (χ0v) is 24.9. The number of fused-ring (bicyclic) bond motifs is 1. The number of hydrogen-bond acceptors (Lipinski definition) is 6. The first-order valence-corrected chi connectivity index (χ1v) is 15.5. The smallest absolute Gasteiger partial charge is 0.251 e. The lowest BCUT2D eigenvalue weighted by Gasteiger charge is -2.36. The van der Waals surface area contributed by atoms with E-state index in [-0.39, 0.29) is 47.6 Å². The van der Waals surface area contributed by atoms with Crippen LogP contribution in [0.4, 0.5) is 5.69 Å². The van der Waals surface area contributed by atoms with Crippen LogP contribution >= 0.6 is 0 Å². The van der Waals surface area contributed by atoms with Gasteiger partial charge >= 0.3 is 0 Å². The molecule has 40 heavy (non-hydrogen) atoms. The molecule has 1 aliphatic carbocycles. The summed E-state index contributed by atoms with van der Waals surface area (Å²) >= 11 is 0. The molecule has 2 amide bonds. The zero-order valence-electron chi connectivity index (χ0n) is 24.9. The number of piperazine rings is 1. The summed E-state index contributed by atoms with van der Waals surface area (Å²) in [6, 6.07) is 6.62. The van der Waals surface area contributed by atoms with Gasteiger partial charge in [-0.3, -0.25) is 19.3 Å². The van der Waals surface area contributed by atoms with Crippen molar-refractivity contribution >= 4 is 23.3 Å². The Kier molecular flexibility index (Phi) is 8.86. The van der Waals surface area contributed by atoms with Crippen LogP contribution in [0.3, 0.4) is 0 Å². The highest BCUT2D eigenvalue weighted by atomic mass is 16.5. The highest BCUT2D eigenvalue weighted by Crippen LogP contribution is 2.42. The topological polar surface area (TPSA) is 82.2 Å². The highest BCUT2D eigenvalue weighted by Gasteiger charge is 2.56. The van der Waals surface area contributed by atoms with Crippen molar-refractivity contribution in [1.82, 2.24) is 15.1 Å². The number of benzene rings is 1. The van der Waals surface area contributed by atoms with Crippen molar-refractivity contribution in [3.8, 4) is 0 Å². The SMILES string of the molecule is CCCN1CCN(c2ccc(C(=O)N[C@H](C(=O)N3CC(C(C)(C)C)[C@H]4OCC(=O)[C@H]43)C3CCCCC3)cc2)CC1. The fraction of sp³-hybridized carbons (Fsp3) is 0.719. The third-order valence-corrected chi connectivity index (χ3v) is 9.66. The molecule has 4 fully saturated rings. The van der Waals surface area contributed by atoms with Crippen molar-refractivity contribution in [2.24, 2.45) is 17.3 Å². The molecular weight excluding hydrogens is 504 g/mol. The number of ether oxygens (including phenoxy) is 1. The zero-order chi connectivity index (χ0) is 28.4. The van der Waals surface area contributed by atoms with E-state index in [1.54, 1.807) is 4.90 Å². The number of Topliss-reactive ketones (excluding diaryl/α,β-unsaturated/α-hetero) is 1. The number of rotatable bonds is 7. The molecule has 1 unspecified atom stereocenters. The van der Waals surface area contributed by atoms with E-state index in [0.29, 0.717) is 12.1 Å². The quantitative estimate of drug-likeness (QED) is 0.555. The Morgan fingerprint density at radius 3 is 2.33 bits per heavy atom. The van der Waals surface area contributed by atoms with Crippen LogP contribution in [0, 0.1) is 17.3 Å². The average Bonchev–Trinajstić information content (AvgIpc) is 3.53. The van der Waals surface area contributed by atoms with Gasteiger partial charge in [-0.25, -0.2) is 0 Å². The number of likely N-dealkylation sites (tertiary alicyclic amines) is 1. The first kappa shape index (κ1) is 29.1. The number of nitrogens with zero attached hydrogens (tertiary/aromatic N) is 3. The van der Waals surface area contributed by atoms with E-state index in [0.717, 1.165) is 70.5 Å². The van der Waals surface area contributed by atoms with Crippen molar-refractivity contribution < 1.29 is 19.1 Å². The predicted molar refractivity (Wildman–Crippen MR) is 156 cm³/mol. The number of amides is 2. The van der Waals surface area contributed by atoms with Crippen LogP contribution in [-0.4, -0.2) is 91.5 Å². The van der Waals surface area contributed by atoms with Crippen molar-refractivity contribution in [2.45, 2.75) is 84.4 Å². The number of anilines is 1. The van der Waals surface area contributed by atoms with Gasteiger partial charge in [-0.15, -0.1) is 0 Å². The standard InChI is InChI=1S/C32H48N4O4/c1-5-15-34-16-18-35(19-17-34)24-13-11-23(12-14-24)30(38)33-27(22-9-7-6-8-10-22)31(39)36-20-25(32(2,3)4)29-28(36)26(37)21-40-29/h11-14,22,25,27-29H,5-10,15-21H2,1-4H3,(H,33,38)/t25?,27-,28+,29+/m0/s1. The Morgan fingerprint density at radius 1 is 1.02 bits per heavy atom. The largest absolute Gasteiger partial charge is 0.369 e. The minimum absolute atomic E-state index is 0.0232. The molecule has 0 bridgehead atoms. The number of carbonyl (C=O) groups is 3. The molecule has 3 heterocycles. The second-order valence-corrected chi connectivity index (χ2v) is 13.4. The summed E-state index contributed by atoms with van der Waals surface area (Å²) in [6.45, 7) is 14.4. The fourth-order valence-electron chi connectivity index (χ4n) is 7.27. The van der Waals surface area contributed by atoms with Crippen LogP contribution in [0.25, 0.3) is 0 Å². The Hall–Kier alpha value is -2.45. The minimum Gasteiger partial charge on any atom is -0.369 e. The second-order valence-electron chi connectivity index (χ2n) is 13.4. The van der Waals surface area contributed by atoms with Gasteiger partial charge in [0.1, 0.15) is 18.7 Å². The molecule has 3 aliphatic heterocycles. The van der Waals surface area contributed by atoms with E-state index in [1.165, 1.54) is 6.42 Å². The monoisotopic (exact) mass is 552 g/mol. The molecule has 4 atom stereocenters. The lowest BCUT2D eigenvalue weighted by atomic mass is 9.78. The van der Waals surface area contributed by atoms with E-state index in [4.69, 9.17) is 4.74 Å². The van der Waals surface area contributed by atoms with Gasteiger partial charge in [0.05, 0.1) is 6.10 Å². The second kappa shape index (κ2) is 12.2. The van der Waals surface area contributed by atoms with E-state index >= 15 is 0 Å². The van der Waals surface area contributed by atoms with Crippen LogP contribution in [-0.2, 0) is 14.3 Å². The number of nitrogens with one attached hydrogen (secondary N) is 1. The normalized spacial score (nSPS) is 27.1. The summed E-state index contributed by atoms with van der Waals surface area (Å²) in [5.74, 6) is -0.215. The summed E-state index contributed by atoms with van der Waals surface area (Å²) in [4.78, 5) is 47.2. The average molecular weight is 553 g/mol. The third kappa shape index (κ3) is 6.08. The maximum Gasteiger partial charge on any atom is 0.251 e. The van der Waals surface area contributed by atoms with Gasteiger partial charge in [0, 0.05) is 49.9 Å². The van der Waals surface area contributed by atoms with Crippen molar-refractivity contribution in [3.05, 3.63) is 29.8 Å². The molecule has 1 N–H and O–H groups in total. The molecule has 1 aromatic rings. The molecule has 8 heteroatoms. The van der Waals surface area contributed by atoms with Gasteiger partial charge < -0.3 is 19.9 Å². The molecule has 0 aromatic heterocycles. The van der Waals surface area contributed by atoms with E-state index in [9.17, 15) is 14.4 Å². The molecule has 1 aromatic carbocycles. The number of hydrogen-bond donors (Lipinski definition) is 1. The molecule has 4 aliphatic rings. The van der Waals surface area contributed by atoms with Gasteiger partial charge in [-0.05, 0) is 61.4 Å². The van der Waals surface area contributed by atoms with Gasteiger partial charge in [-0.1, -0.05) is 47.0 Å². The maximum atomic E-state index is 14.2. The lowest BCUT2D eigenvalue weighted by molar-refractivity contribution is -0.139. The van der Waals surface area contributed by atoms with Gasteiger partial charge in [0.25, 0.3) is 5.91 Å². The van der Waals surface area contributed by atoms with Gasteiger partial charge in [0.15, 0.2) is 5.78 Å². The molecule has 1 saturated carbocycles. The highest BCUT2D eigenvalue weighted by molar-refractivity contribution is 5.99. The molecule has 3 saturated heterocycles. The van der Waals surface area contributed by atoms with E-state index in [2.05, 4.69) is 42.8 Å². The summed E-state index contributed by atoms with van der Waals surface area (Å²) in [7, 11) is 0. The van der Waals surface area contributed by atoms with Crippen LogP contribution in [0.15, 0.2) is 24.3 Å². The molecule has 0 spiro atoms. The first-order valence-electron chi connectivity index (χ1n) is 15.5. The number of ketones is 1. The van der Waals surface area contributed by atoms with Crippen LogP contribution < -0.4 is 10.2 Å². The van der Waals surface area contributed by atoms with E-state index in [1.807, 2.05) is 24.3 Å². The molecule has 8 nitrogen and oxygen atoms in total. The molecule has 0 radical (unpaired) electrons. The Balaban J connectivity index is 1.30. The minimum atomic E-state index is -0.633.